The van der Waals surface area contributed by atoms with Crippen LogP contribution in [0.1, 0.15) is 29.3 Å². The summed E-state index contributed by atoms with van der Waals surface area (Å²) in [5.41, 5.74) is 3.90. The largest absolute Gasteiger partial charge is 0.350 e. The minimum atomic E-state index is -0.246. The van der Waals surface area contributed by atoms with Crippen LogP contribution < -0.4 is 5.32 Å². The van der Waals surface area contributed by atoms with Gasteiger partial charge in [0.2, 0.25) is 0 Å². The highest BCUT2D eigenvalue weighted by Crippen LogP contribution is 2.33. The van der Waals surface area contributed by atoms with Crippen molar-refractivity contribution in [1.82, 2.24) is 4.90 Å². The van der Waals surface area contributed by atoms with Crippen molar-refractivity contribution in [3.8, 4) is 0 Å². The minimum absolute atomic E-state index is 0.212. The lowest BCUT2D eigenvalue weighted by atomic mass is 10.1. The van der Waals surface area contributed by atoms with Crippen LogP contribution in [0.5, 0.6) is 0 Å². The van der Waals surface area contributed by atoms with Gasteiger partial charge >= 0.3 is 0 Å². The van der Waals surface area contributed by atoms with Gasteiger partial charge in [-0.15, -0.1) is 11.3 Å². The average molecular weight is 340 g/mol. The zero-order valence-electron chi connectivity index (χ0n) is 14.1. The molecule has 0 radical (unpaired) electrons. The quantitative estimate of drug-likeness (QED) is 0.838. The Balaban J connectivity index is 2.05. The first-order valence-electron chi connectivity index (χ1n) is 8.01. The van der Waals surface area contributed by atoms with Crippen LogP contribution >= 0.6 is 11.3 Å². The SMILES string of the molecule is CCCN1C(=O)C(Nc2cc(C)cc(C)c2)=C(c2cccs2)C1=O. The van der Waals surface area contributed by atoms with Gasteiger partial charge in [0.15, 0.2) is 0 Å². The van der Waals surface area contributed by atoms with Crippen molar-refractivity contribution >= 4 is 34.4 Å². The minimum Gasteiger partial charge on any atom is -0.350 e. The molecule has 0 atom stereocenters. The third-order valence-corrected chi connectivity index (χ3v) is 4.76. The normalized spacial score (nSPS) is 14.7. The van der Waals surface area contributed by atoms with E-state index >= 15 is 0 Å². The summed E-state index contributed by atoms with van der Waals surface area (Å²) in [7, 11) is 0. The van der Waals surface area contributed by atoms with Crippen molar-refractivity contribution in [3.05, 3.63) is 57.4 Å². The lowest BCUT2D eigenvalue weighted by Gasteiger charge is -2.14. The Labute approximate surface area is 145 Å². The first-order chi connectivity index (χ1) is 11.5. The van der Waals surface area contributed by atoms with Crippen molar-refractivity contribution < 1.29 is 9.59 Å². The molecule has 124 valence electrons. The second-order valence-electron chi connectivity index (χ2n) is 5.99. The van der Waals surface area contributed by atoms with E-state index < -0.39 is 0 Å². The Morgan fingerprint density at radius 2 is 1.79 bits per heavy atom. The molecule has 1 aliphatic heterocycles. The van der Waals surface area contributed by atoms with Crippen LogP contribution in [0.25, 0.3) is 5.57 Å². The van der Waals surface area contributed by atoms with E-state index in [1.807, 2.05) is 50.4 Å². The molecule has 0 unspecified atom stereocenters. The smallest absolute Gasteiger partial charge is 0.278 e. The fourth-order valence-electron chi connectivity index (χ4n) is 2.96. The predicted octanol–water partition coefficient (Wildman–Crippen LogP) is 3.97. The van der Waals surface area contributed by atoms with Gasteiger partial charge in [-0.2, -0.15) is 0 Å². The lowest BCUT2D eigenvalue weighted by molar-refractivity contribution is -0.136. The number of carbonyl (C=O) groups excluding carboxylic acids is 2. The Kier molecular flexibility index (Phi) is 4.53. The molecule has 2 aromatic rings. The number of imide groups is 1. The molecule has 0 saturated carbocycles. The maximum absolute atomic E-state index is 12.8. The number of nitrogens with one attached hydrogen (secondary N) is 1. The highest BCUT2D eigenvalue weighted by molar-refractivity contribution is 7.11. The van der Waals surface area contributed by atoms with Gasteiger partial charge in [0, 0.05) is 17.1 Å². The van der Waals surface area contributed by atoms with Gasteiger partial charge in [-0.3, -0.25) is 14.5 Å². The molecule has 3 rings (SSSR count). The molecule has 0 fully saturated rings. The molecule has 4 nitrogen and oxygen atoms in total. The maximum atomic E-state index is 12.8. The van der Waals surface area contributed by atoms with E-state index in [0.29, 0.717) is 17.8 Å². The molecule has 1 aromatic heterocycles. The number of benzene rings is 1. The van der Waals surface area contributed by atoms with E-state index in [1.54, 1.807) is 0 Å². The molecule has 5 heteroatoms. The summed E-state index contributed by atoms with van der Waals surface area (Å²) in [5, 5.41) is 5.12. The number of amides is 2. The summed E-state index contributed by atoms with van der Waals surface area (Å²) in [6.45, 7) is 6.42. The van der Waals surface area contributed by atoms with Crippen LogP contribution in [0.3, 0.4) is 0 Å². The molecule has 0 spiro atoms. The third kappa shape index (κ3) is 2.99. The van der Waals surface area contributed by atoms with Gasteiger partial charge < -0.3 is 5.32 Å². The zero-order chi connectivity index (χ0) is 17.3. The molecular formula is C19H20N2O2S. The van der Waals surface area contributed by atoms with Crippen LogP contribution in [0.15, 0.2) is 41.4 Å². The maximum Gasteiger partial charge on any atom is 0.278 e. The van der Waals surface area contributed by atoms with Gasteiger partial charge in [-0.25, -0.2) is 0 Å². The number of anilines is 1. The number of rotatable bonds is 5. The molecule has 2 heterocycles. The zero-order valence-corrected chi connectivity index (χ0v) is 14.9. The summed E-state index contributed by atoms with van der Waals surface area (Å²) in [6.07, 6.45) is 0.742. The van der Waals surface area contributed by atoms with Crippen LogP contribution in [-0.2, 0) is 9.59 Å². The fraction of sp³-hybridized carbons (Fsp3) is 0.263. The topological polar surface area (TPSA) is 49.4 Å². The molecule has 0 bridgehead atoms. The molecule has 1 aliphatic rings. The van der Waals surface area contributed by atoms with Crippen LogP contribution in [-0.4, -0.2) is 23.3 Å². The first kappa shape index (κ1) is 16.5. The van der Waals surface area contributed by atoms with E-state index in [0.717, 1.165) is 28.1 Å². The van der Waals surface area contributed by atoms with Gasteiger partial charge in [0.25, 0.3) is 11.8 Å². The molecule has 24 heavy (non-hydrogen) atoms. The summed E-state index contributed by atoms with van der Waals surface area (Å²) in [6, 6.07) is 9.80. The third-order valence-electron chi connectivity index (χ3n) is 3.87. The Bertz CT molecular complexity index is 802. The summed E-state index contributed by atoms with van der Waals surface area (Å²) in [4.78, 5) is 27.7. The molecule has 2 amide bonds. The number of hydrogen-bond donors (Lipinski definition) is 1. The number of hydrogen-bond acceptors (Lipinski definition) is 4. The van der Waals surface area contributed by atoms with Gasteiger partial charge in [-0.05, 0) is 55.0 Å². The van der Waals surface area contributed by atoms with Gasteiger partial charge in [-0.1, -0.05) is 19.1 Å². The van der Waals surface area contributed by atoms with E-state index in [1.165, 1.54) is 16.2 Å². The Morgan fingerprint density at radius 3 is 2.38 bits per heavy atom. The number of nitrogens with zero attached hydrogens (tertiary/aromatic N) is 1. The summed E-state index contributed by atoms with van der Waals surface area (Å²) >= 11 is 1.47. The molecule has 1 N–H and O–H groups in total. The van der Waals surface area contributed by atoms with E-state index in [9.17, 15) is 9.59 Å². The Morgan fingerprint density at radius 1 is 1.08 bits per heavy atom. The van der Waals surface area contributed by atoms with Crippen molar-refractivity contribution in [2.45, 2.75) is 27.2 Å². The number of carbonyl (C=O) groups is 2. The first-order valence-corrected chi connectivity index (χ1v) is 8.89. The van der Waals surface area contributed by atoms with Crippen LogP contribution in [0, 0.1) is 13.8 Å². The van der Waals surface area contributed by atoms with E-state index in [4.69, 9.17) is 0 Å². The van der Waals surface area contributed by atoms with Crippen molar-refractivity contribution in [3.63, 3.8) is 0 Å². The highest BCUT2D eigenvalue weighted by atomic mass is 32.1. The number of aryl methyl sites for hydroxylation is 2. The second kappa shape index (κ2) is 6.61. The van der Waals surface area contributed by atoms with E-state index in [2.05, 4.69) is 11.4 Å². The van der Waals surface area contributed by atoms with Gasteiger partial charge in [0.05, 0.1) is 5.57 Å². The van der Waals surface area contributed by atoms with Gasteiger partial charge in [0.1, 0.15) is 5.70 Å². The number of thiophene rings is 1. The molecular weight excluding hydrogens is 320 g/mol. The fourth-order valence-corrected chi connectivity index (χ4v) is 3.73. The summed E-state index contributed by atoms with van der Waals surface area (Å²) < 4.78 is 0. The van der Waals surface area contributed by atoms with Crippen molar-refractivity contribution in [2.24, 2.45) is 0 Å². The monoisotopic (exact) mass is 340 g/mol. The van der Waals surface area contributed by atoms with E-state index in [-0.39, 0.29) is 11.8 Å². The predicted molar refractivity (Wildman–Crippen MR) is 97.8 cm³/mol. The van der Waals surface area contributed by atoms with Crippen molar-refractivity contribution in [1.29, 1.82) is 0 Å². The summed E-state index contributed by atoms with van der Waals surface area (Å²) in [5.74, 6) is -0.458. The molecule has 0 aliphatic carbocycles. The molecule has 1 aromatic carbocycles. The highest BCUT2D eigenvalue weighted by Gasteiger charge is 2.39. The van der Waals surface area contributed by atoms with Crippen molar-refractivity contribution in [2.75, 3.05) is 11.9 Å². The lowest BCUT2D eigenvalue weighted by Crippen LogP contribution is -2.33. The average Bonchev–Trinajstić information content (AvgIpc) is 3.10. The van der Waals surface area contributed by atoms with Crippen LogP contribution in [0.2, 0.25) is 0 Å². The Hall–Kier alpha value is -2.40. The van der Waals surface area contributed by atoms with Crippen LogP contribution in [0.4, 0.5) is 5.69 Å². The standard InChI is InChI=1S/C19H20N2O2S/c1-4-7-21-18(22)16(15-6-5-8-24-15)17(19(21)23)20-14-10-12(2)9-13(3)11-14/h5-6,8-11,20H,4,7H2,1-3H3. The molecule has 0 saturated heterocycles. The second-order valence-corrected chi connectivity index (χ2v) is 6.94.